The smallest absolute Gasteiger partial charge is 0.251 e. The molecule has 1 fully saturated rings. The van der Waals surface area contributed by atoms with Crippen molar-refractivity contribution in [1.29, 1.82) is 0 Å². The van der Waals surface area contributed by atoms with E-state index in [1.54, 1.807) is 0 Å². The van der Waals surface area contributed by atoms with E-state index in [2.05, 4.69) is 39.2 Å². The van der Waals surface area contributed by atoms with E-state index in [9.17, 15) is 0 Å². The summed E-state index contributed by atoms with van der Waals surface area (Å²) in [6.45, 7) is 6.93. The lowest BCUT2D eigenvalue weighted by Gasteiger charge is -2.29. The number of rotatable bonds is 4. The van der Waals surface area contributed by atoms with Crippen LogP contribution < -0.4 is 0 Å². The largest absolute Gasteiger partial charge is 0.350 e. The van der Waals surface area contributed by atoms with Crippen LogP contribution >= 0.6 is 0 Å². The molecule has 0 heterocycles. The molecule has 1 aliphatic carbocycles. The monoisotopic (exact) mass is 270 g/mol. The van der Waals surface area contributed by atoms with Crippen molar-refractivity contribution in [1.82, 2.24) is 0 Å². The standard InChI is InChI=1S/C19H26O/c1-15(2)18-12-11-16(3)14-19(18)20-13-7-10-17-8-5-4-6-9-17/h4-10,15-16,18-19H,11-12,14H2,1-3H3/b10-7+/t16-,18+,19-/m1/s1. The Kier molecular flexibility index (Phi) is 5.58. The molecule has 0 aromatic heterocycles. The fourth-order valence-electron chi connectivity index (χ4n) is 3.07. The second kappa shape index (κ2) is 7.42. The van der Waals surface area contributed by atoms with Gasteiger partial charge in [-0.05, 0) is 24.7 Å². The molecule has 0 unspecified atom stereocenters. The lowest BCUT2D eigenvalue weighted by atomic mass is 9.75. The van der Waals surface area contributed by atoms with Crippen LogP contribution in [0, 0.1) is 17.8 Å². The highest BCUT2D eigenvalue weighted by molar-refractivity contribution is 5.74. The van der Waals surface area contributed by atoms with Crippen LogP contribution in [0.2, 0.25) is 0 Å². The number of carbonyl (C=O) groups excluding carboxylic acids is 1. The van der Waals surface area contributed by atoms with Gasteiger partial charge in [-0.15, -0.1) is 11.6 Å². The quantitative estimate of drug-likeness (QED) is 0.423. The summed E-state index contributed by atoms with van der Waals surface area (Å²) in [4.78, 5) is 0. The van der Waals surface area contributed by atoms with Crippen molar-refractivity contribution in [2.75, 3.05) is 0 Å². The molecule has 1 aromatic carbocycles. The van der Waals surface area contributed by atoms with Crippen molar-refractivity contribution in [3.63, 3.8) is 0 Å². The van der Waals surface area contributed by atoms with Crippen LogP contribution in [0.25, 0.3) is 6.08 Å². The van der Waals surface area contributed by atoms with Crippen LogP contribution in [0.3, 0.4) is 0 Å². The summed E-state index contributed by atoms with van der Waals surface area (Å²) in [5, 5.41) is 0. The predicted molar refractivity (Wildman–Crippen MR) is 86.3 cm³/mol. The van der Waals surface area contributed by atoms with E-state index in [-0.39, 0.29) is 0 Å². The zero-order chi connectivity index (χ0) is 14.4. The topological polar surface area (TPSA) is 11.3 Å². The summed E-state index contributed by atoms with van der Waals surface area (Å²) in [6.07, 6.45) is 11.1. The van der Waals surface area contributed by atoms with Gasteiger partial charge in [-0.3, -0.25) is 0 Å². The van der Waals surface area contributed by atoms with Gasteiger partial charge >= 0.3 is 0 Å². The zero-order valence-electron chi connectivity index (χ0n) is 12.9. The maximum absolute atomic E-state index is 5.91. The summed E-state index contributed by atoms with van der Waals surface area (Å²) in [7, 11) is 0. The van der Waals surface area contributed by atoms with Gasteiger partial charge in [-0.1, -0.05) is 51.1 Å². The number of hydrogen-bond donors (Lipinski definition) is 0. The van der Waals surface area contributed by atoms with Gasteiger partial charge in [-0.25, -0.2) is 0 Å². The number of hydrogen-bond acceptors (Lipinski definition) is 0. The summed E-state index contributed by atoms with van der Waals surface area (Å²) >= 11 is 0. The molecule has 0 N–H and O–H groups in total. The van der Waals surface area contributed by atoms with Gasteiger partial charge in [0, 0.05) is 12.3 Å². The fourth-order valence-corrected chi connectivity index (χ4v) is 3.07. The summed E-state index contributed by atoms with van der Waals surface area (Å²) in [5.41, 5.74) is 1.18. The molecular weight excluding hydrogens is 244 g/mol. The molecular formula is C19H26O. The van der Waals surface area contributed by atoms with Crippen LogP contribution in [0.5, 0.6) is 0 Å². The molecule has 2 rings (SSSR count). The maximum atomic E-state index is 5.91. The third-order valence-corrected chi connectivity index (χ3v) is 4.32. The third kappa shape index (κ3) is 4.33. The average molecular weight is 270 g/mol. The Labute approximate surface area is 123 Å². The molecule has 0 aliphatic heterocycles. The highest BCUT2D eigenvalue weighted by atomic mass is 16.4. The summed E-state index contributed by atoms with van der Waals surface area (Å²) in [5.74, 6) is 2.13. The van der Waals surface area contributed by atoms with Crippen molar-refractivity contribution >= 4 is 12.4 Å². The van der Waals surface area contributed by atoms with Crippen LogP contribution in [0.1, 0.15) is 45.6 Å². The Morgan fingerprint density at radius 2 is 1.95 bits per heavy atom. The zero-order valence-corrected chi connectivity index (χ0v) is 12.9. The van der Waals surface area contributed by atoms with Crippen LogP contribution in [0.4, 0.5) is 0 Å². The van der Waals surface area contributed by atoms with Crippen LogP contribution in [0.15, 0.2) is 36.4 Å². The van der Waals surface area contributed by atoms with Crippen molar-refractivity contribution in [2.24, 2.45) is 17.8 Å². The fraction of sp³-hybridized carbons (Fsp3) is 0.526. The first-order valence-electron chi connectivity index (χ1n) is 7.79. The average Bonchev–Trinajstić information content (AvgIpc) is 2.44. The van der Waals surface area contributed by atoms with Crippen molar-refractivity contribution in [3.8, 4) is 0 Å². The van der Waals surface area contributed by atoms with Gasteiger partial charge in [0.1, 0.15) is 0 Å². The van der Waals surface area contributed by atoms with Crippen LogP contribution in [-0.2, 0) is 4.42 Å². The minimum Gasteiger partial charge on any atom is -0.350 e. The molecule has 1 nitrogen and oxygen atoms in total. The normalized spacial score (nSPS) is 27.7. The van der Waals surface area contributed by atoms with Crippen molar-refractivity contribution in [3.05, 3.63) is 42.0 Å². The number of allylic oxidation sites excluding steroid dienone is 1. The SMILES string of the molecule is CC(C)[C@@H]1CC[C@@H](C)C[C@H]1[O+]=[C-]/C=C/c1ccccc1. The molecule has 1 saturated carbocycles. The van der Waals surface area contributed by atoms with Crippen LogP contribution in [-0.4, -0.2) is 12.4 Å². The van der Waals surface area contributed by atoms with Gasteiger partial charge in [0.25, 0.3) is 6.10 Å². The van der Waals surface area contributed by atoms with E-state index in [4.69, 9.17) is 4.42 Å². The first-order valence-corrected chi connectivity index (χ1v) is 7.79. The summed E-state index contributed by atoms with van der Waals surface area (Å²) < 4.78 is 5.91. The Morgan fingerprint density at radius 1 is 1.20 bits per heavy atom. The highest BCUT2D eigenvalue weighted by Crippen LogP contribution is 2.34. The molecule has 1 aliphatic rings. The Hall–Kier alpha value is -1.37. The minimum absolute atomic E-state index is 0.333. The Morgan fingerprint density at radius 3 is 2.65 bits per heavy atom. The lowest BCUT2D eigenvalue weighted by molar-refractivity contribution is -0.0714. The van der Waals surface area contributed by atoms with Crippen molar-refractivity contribution < 1.29 is 4.42 Å². The Balaban J connectivity index is 1.96. The van der Waals surface area contributed by atoms with Gasteiger partial charge in [0.2, 0.25) is 6.29 Å². The molecule has 3 atom stereocenters. The van der Waals surface area contributed by atoms with Gasteiger partial charge in [0.05, 0.1) is 0 Å². The van der Waals surface area contributed by atoms with E-state index in [1.807, 2.05) is 30.4 Å². The molecule has 0 amide bonds. The van der Waals surface area contributed by atoms with Gasteiger partial charge in [-0.2, -0.15) is 6.08 Å². The van der Waals surface area contributed by atoms with E-state index in [0.717, 1.165) is 12.3 Å². The predicted octanol–water partition coefficient (Wildman–Crippen LogP) is 4.81. The van der Waals surface area contributed by atoms with Gasteiger partial charge in [0.15, 0.2) is 0 Å². The second-order valence-corrected chi connectivity index (χ2v) is 6.34. The molecule has 0 radical (unpaired) electrons. The molecule has 1 heteroatoms. The molecule has 0 bridgehead atoms. The van der Waals surface area contributed by atoms with E-state index >= 15 is 0 Å². The molecule has 0 spiro atoms. The highest BCUT2D eigenvalue weighted by Gasteiger charge is 2.36. The third-order valence-electron chi connectivity index (χ3n) is 4.32. The minimum atomic E-state index is 0.333. The first-order chi connectivity index (χ1) is 9.66. The Bertz CT molecular complexity index is 444. The van der Waals surface area contributed by atoms with E-state index < -0.39 is 0 Å². The number of benzene rings is 1. The lowest BCUT2D eigenvalue weighted by Crippen LogP contribution is -2.32. The van der Waals surface area contributed by atoms with Gasteiger partial charge < -0.3 is 4.42 Å². The second-order valence-electron chi connectivity index (χ2n) is 6.34. The first kappa shape index (κ1) is 15.0. The maximum Gasteiger partial charge on any atom is 0.251 e. The van der Waals surface area contributed by atoms with E-state index in [1.165, 1.54) is 18.4 Å². The molecule has 1 aromatic rings. The molecule has 20 heavy (non-hydrogen) atoms. The van der Waals surface area contributed by atoms with Crippen molar-refractivity contribution in [2.45, 2.75) is 46.1 Å². The molecule has 108 valence electrons. The molecule has 0 saturated heterocycles. The van der Waals surface area contributed by atoms with E-state index in [0.29, 0.717) is 17.9 Å². The summed E-state index contributed by atoms with van der Waals surface area (Å²) in [6, 6.07) is 10.3.